The van der Waals surface area contributed by atoms with Crippen LogP contribution in [0.25, 0.3) is 0 Å². The number of rotatable bonds is 1. The van der Waals surface area contributed by atoms with E-state index in [0.29, 0.717) is 28.3 Å². The second-order valence-corrected chi connectivity index (χ2v) is 5.37. The molecule has 3 rings (SSSR count). The first-order valence-electron chi connectivity index (χ1n) is 5.95. The van der Waals surface area contributed by atoms with Gasteiger partial charge in [-0.25, -0.2) is 0 Å². The summed E-state index contributed by atoms with van der Waals surface area (Å²) in [5, 5.41) is 0. The molecule has 2 aromatic carbocycles. The number of carbonyl (C=O) groups excluding carboxylic acids is 2. The SMILES string of the molecule is CN1C(=O)c2cc(Br)ccc2Oc2ccc(C=O)cc21. The molecule has 5 heteroatoms. The van der Waals surface area contributed by atoms with E-state index in [4.69, 9.17) is 4.74 Å². The number of nitrogens with zero attached hydrogens (tertiary/aromatic N) is 1. The number of ether oxygens (including phenoxy) is 1. The summed E-state index contributed by atoms with van der Waals surface area (Å²) in [4.78, 5) is 24.9. The van der Waals surface area contributed by atoms with Gasteiger partial charge in [0.05, 0.1) is 11.3 Å². The van der Waals surface area contributed by atoms with Crippen molar-refractivity contribution < 1.29 is 14.3 Å². The van der Waals surface area contributed by atoms with Crippen molar-refractivity contribution in [1.29, 1.82) is 0 Å². The van der Waals surface area contributed by atoms with Crippen LogP contribution in [0.4, 0.5) is 5.69 Å². The molecule has 1 heterocycles. The molecule has 2 aromatic rings. The lowest BCUT2D eigenvalue weighted by atomic mass is 10.1. The van der Waals surface area contributed by atoms with Crippen molar-refractivity contribution in [2.45, 2.75) is 0 Å². The smallest absolute Gasteiger partial charge is 0.261 e. The lowest BCUT2D eigenvalue weighted by Gasteiger charge is -2.16. The fourth-order valence-electron chi connectivity index (χ4n) is 2.12. The number of anilines is 1. The lowest BCUT2D eigenvalue weighted by molar-refractivity contribution is 0.0992. The standard InChI is InChI=1S/C15H10BrNO3/c1-17-12-6-9(8-18)2-4-14(12)20-13-5-3-10(16)7-11(13)15(17)19/h2-8H,1H3. The molecule has 1 amide bonds. The Bertz CT molecular complexity index is 727. The van der Waals surface area contributed by atoms with E-state index in [1.807, 2.05) is 6.07 Å². The molecule has 1 aliphatic rings. The van der Waals surface area contributed by atoms with Crippen LogP contribution in [-0.4, -0.2) is 19.2 Å². The Hall–Kier alpha value is -2.14. The van der Waals surface area contributed by atoms with Gasteiger partial charge in [0, 0.05) is 17.1 Å². The molecule has 20 heavy (non-hydrogen) atoms. The van der Waals surface area contributed by atoms with Crippen molar-refractivity contribution in [3.05, 3.63) is 52.0 Å². The average Bonchev–Trinajstić information content (AvgIpc) is 2.56. The second-order valence-electron chi connectivity index (χ2n) is 4.45. The largest absolute Gasteiger partial charge is 0.454 e. The highest BCUT2D eigenvalue weighted by Gasteiger charge is 2.26. The van der Waals surface area contributed by atoms with Gasteiger partial charge in [-0.3, -0.25) is 9.59 Å². The zero-order valence-electron chi connectivity index (χ0n) is 10.6. The highest BCUT2D eigenvalue weighted by molar-refractivity contribution is 9.10. The molecule has 0 bridgehead atoms. The van der Waals surface area contributed by atoms with E-state index in [1.54, 1.807) is 37.4 Å². The molecule has 0 radical (unpaired) electrons. The number of halogens is 1. The zero-order valence-corrected chi connectivity index (χ0v) is 12.2. The molecule has 0 aliphatic carbocycles. The van der Waals surface area contributed by atoms with Gasteiger partial charge in [0.25, 0.3) is 5.91 Å². The summed E-state index contributed by atoms with van der Waals surface area (Å²) < 4.78 is 6.61. The highest BCUT2D eigenvalue weighted by Crippen LogP contribution is 2.39. The number of amides is 1. The van der Waals surface area contributed by atoms with Gasteiger partial charge in [-0.1, -0.05) is 15.9 Å². The quantitative estimate of drug-likeness (QED) is 0.749. The van der Waals surface area contributed by atoms with E-state index in [9.17, 15) is 9.59 Å². The van der Waals surface area contributed by atoms with Crippen LogP contribution in [0, 0.1) is 0 Å². The normalized spacial score (nSPS) is 13.1. The van der Waals surface area contributed by atoms with Crippen LogP contribution in [0.3, 0.4) is 0 Å². The van der Waals surface area contributed by atoms with Crippen LogP contribution in [-0.2, 0) is 0 Å². The fraction of sp³-hybridized carbons (Fsp3) is 0.0667. The van der Waals surface area contributed by atoms with Gasteiger partial charge < -0.3 is 9.64 Å². The maximum absolute atomic E-state index is 12.5. The van der Waals surface area contributed by atoms with Crippen LogP contribution in [0.2, 0.25) is 0 Å². The van der Waals surface area contributed by atoms with Gasteiger partial charge in [0.15, 0.2) is 5.75 Å². The third kappa shape index (κ3) is 2.00. The van der Waals surface area contributed by atoms with Crippen molar-refractivity contribution in [2.75, 3.05) is 11.9 Å². The van der Waals surface area contributed by atoms with Gasteiger partial charge >= 0.3 is 0 Å². The van der Waals surface area contributed by atoms with Crippen LogP contribution in [0.1, 0.15) is 20.7 Å². The van der Waals surface area contributed by atoms with Gasteiger partial charge in [-0.15, -0.1) is 0 Å². The topological polar surface area (TPSA) is 46.6 Å². The Morgan fingerprint density at radius 3 is 2.65 bits per heavy atom. The van der Waals surface area contributed by atoms with E-state index < -0.39 is 0 Å². The molecule has 0 spiro atoms. The van der Waals surface area contributed by atoms with Gasteiger partial charge in [-0.05, 0) is 36.4 Å². The Morgan fingerprint density at radius 1 is 1.15 bits per heavy atom. The Kier molecular flexibility index (Phi) is 3.06. The van der Waals surface area contributed by atoms with Crippen LogP contribution in [0.15, 0.2) is 40.9 Å². The maximum atomic E-state index is 12.5. The third-order valence-electron chi connectivity index (χ3n) is 3.18. The molecule has 100 valence electrons. The van der Waals surface area contributed by atoms with Crippen molar-refractivity contribution in [1.82, 2.24) is 0 Å². The van der Waals surface area contributed by atoms with E-state index in [1.165, 1.54) is 4.90 Å². The van der Waals surface area contributed by atoms with Crippen molar-refractivity contribution in [3.63, 3.8) is 0 Å². The number of fused-ring (bicyclic) bond motifs is 2. The summed E-state index contributed by atoms with van der Waals surface area (Å²) in [6, 6.07) is 10.3. The number of hydrogen-bond acceptors (Lipinski definition) is 3. The number of hydrogen-bond donors (Lipinski definition) is 0. The number of benzene rings is 2. The zero-order chi connectivity index (χ0) is 14.3. The molecule has 0 aromatic heterocycles. The highest BCUT2D eigenvalue weighted by atomic mass is 79.9. The van der Waals surface area contributed by atoms with Crippen LogP contribution < -0.4 is 9.64 Å². The molecule has 0 unspecified atom stereocenters. The van der Waals surface area contributed by atoms with Crippen molar-refractivity contribution >= 4 is 33.8 Å². The molecule has 0 atom stereocenters. The van der Waals surface area contributed by atoms with Gasteiger partial charge in [0.2, 0.25) is 0 Å². The molecule has 0 fully saturated rings. The van der Waals surface area contributed by atoms with Gasteiger partial charge in [-0.2, -0.15) is 0 Å². The second kappa shape index (κ2) is 4.76. The van der Waals surface area contributed by atoms with Crippen LogP contribution >= 0.6 is 15.9 Å². The summed E-state index contributed by atoms with van der Waals surface area (Å²) in [7, 11) is 1.66. The third-order valence-corrected chi connectivity index (χ3v) is 3.67. The summed E-state index contributed by atoms with van der Waals surface area (Å²) in [5.74, 6) is 0.873. The first-order valence-corrected chi connectivity index (χ1v) is 6.74. The minimum absolute atomic E-state index is 0.178. The summed E-state index contributed by atoms with van der Waals surface area (Å²) in [6.07, 6.45) is 0.743. The molecule has 0 saturated carbocycles. The molecule has 0 saturated heterocycles. The predicted octanol–water partition coefficient (Wildman–Crippen LogP) is 3.64. The molecular weight excluding hydrogens is 322 g/mol. The van der Waals surface area contributed by atoms with E-state index >= 15 is 0 Å². The van der Waals surface area contributed by atoms with Crippen molar-refractivity contribution in [3.8, 4) is 11.5 Å². The molecule has 4 nitrogen and oxygen atoms in total. The Labute approximate surface area is 124 Å². The first kappa shape index (κ1) is 12.9. The van der Waals surface area contributed by atoms with E-state index in [-0.39, 0.29) is 5.91 Å². The average molecular weight is 332 g/mol. The minimum Gasteiger partial charge on any atom is -0.454 e. The molecule has 1 aliphatic heterocycles. The van der Waals surface area contributed by atoms with E-state index in [0.717, 1.165) is 10.8 Å². The lowest BCUT2D eigenvalue weighted by Crippen LogP contribution is -2.25. The number of carbonyl (C=O) groups is 2. The van der Waals surface area contributed by atoms with Gasteiger partial charge in [0.1, 0.15) is 12.0 Å². The molecule has 0 N–H and O–H groups in total. The Morgan fingerprint density at radius 2 is 1.90 bits per heavy atom. The minimum atomic E-state index is -0.178. The van der Waals surface area contributed by atoms with Crippen molar-refractivity contribution in [2.24, 2.45) is 0 Å². The summed E-state index contributed by atoms with van der Waals surface area (Å²) in [5.41, 5.74) is 1.55. The maximum Gasteiger partial charge on any atom is 0.261 e. The predicted molar refractivity (Wildman–Crippen MR) is 78.8 cm³/mol. The van der Waals surface area contributed by atoms with Crippen LogP contribution in [0.5, 0.6) is 11.5 Å². The summed E-state index contributed by atoms with van der Waals surface area (Å²) in [6.45, 7) is 0. The van der Waals surface area contributed by atoms with E-state index in [2.05, 4.69) is 15.9 Å². The molecular formula is C15H10BrNO3. The Balaban J connectivity index is 2.21. The fourth-order valence-corrected chi connectivity index (χ4v) is 2.48. The summed E-state index contributed by atoms with van der Waals surface area (Å²) >= 11 is 3.35. The monoisotopic (exact) mass is 331 g/mol. The number of aldehydes is 1. The first-order chi connectivity index (χ1) is 9.60.